The molecule has 6 heteroatoms. The van der Waals surface area contributed by atoms with Crippen LogP contribution in [0.4, 0.5) is 5.69 Å². The van der Waals surface area contributed by atoms with Crippen LogP contribution in [0.5, 0.6) is 0 Å². The second-order valence-corrected chi connectivity index (χ2v) is 3.64. The summed E-state index contributed by atoms with van der Waals surface area (Å²) in [6, 6.07) is 5.51. The zero-order valence-electron chi connectivity index (χ0n) is 9.62. The Hall–Kier alpha value is -2.50. The number of hydrogen-bond acceptors (Lipinski definition) is 4. The molecule has 1 aromatic rings. The summed E-state index contributed by atoms with van der Waals surface area (Å²) in [6.07, 6.45) is 1.05. The van der Waals surface area contributed by atoms with E-state index >= 15 is 0 Å². The number of nitro benzene ring substituents is 1. The van der Waals surface area contributed by atoms with Crippen molar-refractivity contribution in [2.45, 2.75) is 13.3 Å². The molecular formula is C12H11NO5. The molecule has 18 heavy (non-hydrogen) atoms. The molecule has 0 aliphatic rings. The first-order valence-electron chi connectivity index (χ1n) is 5.08. The van der Waals surface area contributed by atoms with Crippen LogP contribution < -0.4 is 0 Å². The van der Waals surface area contributed by atoms with Gasteiger partial charge >= 0.3 is 5.97 Å². The van der Waals surface area contributed by atoms with Gasteiger partial charge in [0.1, 0.15) is 0 Å². The van der Waals surface area contributed by atoms with Crippen LogP contribution in [0, 0.1) is 10.1 Å². The van der Waals surface area contributed by atoms with Crippen LogP contribution in [0.3, 0.4) is 0 Å². The van der Waals surface area contributed by atoms with Crippen LogP contribution in [-0.2, 0) is 9.59 Å². The average Bonchev–Trinajstić information content (AvgIpc) is 2.28. The molecule has 0 heterocycles. The van der Waals surface area contributed by atoms with Crippen molar-refractivity contribution in [2.75, 3.05) is 0 Å². The lowest BCUT2D eigenvalue weighted by molar-refractivity contribution is -0.384. The number of carboxylic acids is 1. The number of carboxylic acid groups (broad SMARTS) is 1. The number of aliphatic carboxylic acids is 1. The van der Waals surface area contributed by atoms with Gasteiger partial charge in [-0.2, -0.15) is 0 Å². The van der Waals surface area contributed by atoms with Crippen molar-refractivity contribution in [2.24, 2.45) is 0 Å². The Labute approximate surface area is 103 Å². The van der Waals surface area contributed by atoms with Crippen molar-refractivity contribution in [1.82, 2.24) is 0 Å². The van der Waals surface area contributed by atoms with E-state index in [0.717, 1.165) is 0 Å². The molecule has 0 aliphatic heterocycles. The number of rotatable bonds is 5. The molecule has 1 rings (SSSR count). The highest BCUT2D eigenvalue weighted by Crippen LogP contribution is 2.16. The van der Waals surface area contributed by atoms with Gasteiger partial charge in [-0.05, 0) is 30.7 Å². The second kappa shape index (κ2) is 5.72. The maximum atomic E-state index is 11.2. The van der Waals surface area contributed by atoms with Gasteiger partial charge in [0, 0.05) is 17.7 Å². The average molecular weight is 249 g/mol. The summed E-state index contributed by atoms with van der Waals surface area (Å²) in [5, 5.41) is 19.1. The molecule has 1 N–H and O–H groups in total. The van der Waals surface area contributed by atoms with Crippen molar-refractivity contribution in [3.8, 4) is 0 Å². The fourth-order valence-electron chi connectivity index (χ4n) is 1.33. The van der Waals surface area contributed by atoms with Crippen LogP contribution in [0.1, 0.15) is 18.9 Å². The summed E-state index contributed by atoms with van der Waals surface area (Å²) in [6.45, 7) is 1.28. The highest BCUT2D eigenvalue weighted by molar-refractivity contribution is 6.01. The fraction of sp³-hybridized carbons (Fsp3) is 0.167. The molecule has 6 nitrogen and oxygen atoms in total. The zero-order valence-corrected chi connectivity index (χ0v) is 9.62. The van der Waals surface area contributed by atoms with Crippen LogP contribution in [0.25, 0.3) is 6.08 Å². The van der Waals surface area contributed by atoms with Crippen LogP contribution in [-0.4, -0.2) is 21.8 Å². The highest BCUT2D eigenvalue weighted by Gasteiger charge is 2.09. The highest BCUT2D eigenvalue weighted by atomic mass is 16.6. The molecule has 0 saturated carbocycles. The monoisotopic (exact) mass is 249 g/mol. The predicted molar refractivity (Wildman–Crippen MR) is 64.0 cm³/mol. The SMILES string of the molecule is CC(=O)C(=Cc1ccc([N+](=O)[O-])cc1)CC(=O)O. The minimum Gasteiger partial charge on any atom is -0.481 e. The maximum Gasteiger partial charge on any atom is 0.307 e. The van der Waals surface area contributed by atoms with Gasteiger partial charge < -0.3 is 5.11 Å². The van der Waals surface area contributed by atoms with E-state index in [0.29, 0.717) is 5.56 Å². The zero-order chi connectivity index (χ0) is 13.7. The molecule has 0 unspecified atom stereocenters. The lowest BCUT2D eigenvalue weighted by Gasteiger charge is -2.00. The number of non-ortho nitro benzene ring substituents is 1. The number of ketones is 1. The Kier molecular flexibility index (Phi) is 4.31. The maximum absolute atomic E-state index is 11.2. The second-order valence-electron chi connectivity index (χ2n) is 3.64. The summed E-state index contributed by atoms with van der Waals surface area (Å²) < 4.78 is 0. The number of hydrogen-bond donors (Lipinski definition) is 1. The van der Waals surface area contributed by atoms with E-state index in [1.165, 1.54) is 37.3 Å². The third kappa shape index (κ3) is 3.82. The Bertz CT molecular complexity index is 516. The number of Topliss-reactive ketones (excluding diaryl/α,β-unsaturated/α-hetero) is 1. The molecule has 1 aromatic carbocycles. The Balaban J connectivity index is 3.01. The largest absolute Gasteiger partial charge is 0.481 e. The van der Waals surface area contributed by atoms with Crippen LogP contribution >= 0.6 is 0 Å². The molecule has 0 aliphatic carbocycles. The van der Waals surface area contributed by atoms with Crippen molar-refractivity contribution >= 4 is 23.5 Å². The van der Waals surface area contributed by atoms with E-state index in [1.54, 1.807) is 0 Å². The molecule has 0 bridgehead atoms. The van der Waals surface area contributed by atoms with Crippen molar-refractivity contribution in [3.63, 3.8) is 0 Å². The summed E-state index contributed by atoms with van der Waals surface area (Å²) >= 11 is 0. The van der Waals surface area contributed by atoms with E-state index < -0.39 is 10.9 Å². The number of carbonyl (C=O) groups excluding carboxylic acids is 1. The number of nitro groups is 1. The summed E-state index contributed by atoms with van der Waals surface area (Å²) in [4.78, 5) is 31.7. The van der Waals surface area contributed by atoms with E-state index in [2.05, 4.69) is 0 Å². The summed E-state index contributed by atoms with van der Waals surface area (Å²) in [5.74, 6) is -1.44. The smallest absolute Gasteiger partial charge is 0.307 e. The van der Waals surface area contributed by atoms with Crippen molar-refractivity contribution < 1.29 is 19.6 Å². The van der Waals surface area contributed by atoms with E-state index in [9.17, 15) is 19.7 Å². The molecular weight excluding hydrogens is 238 g/mol. The molecule has 94 valence electrons. The van der Waals surface area contributed by atoms with Crippen LogP contribution in [0.15, 0.2) is 29.8 Å². The van der Waals surface area contributed by atoms with Crippen molar-refractivity contribution in [1.29, 1.82) is 0 Å². The molecule has 0 radical (unpaired) electrons. The fourth-order valence-corrected chi connectivity index (χ4v) is 1.33. The van der Waals surface area contributed by atoms with Gasteiger partial charge in [0.2, 0.25) is 0 Å². The molecule has 0 aromatic heterocycles. The molecule has 0 amide bonds. The van der Waals surface area contributed by atoms with Gasteiger partial charge in [0.15, 0.2) is 5.78 Å². The van der Waals surface area contributed by atoms with Gasteiger partial charge in [0.05, 0.1) is 11.3 Å². The van der Waals surface area contributed by atoms with Gasteiger partial charge in [-0.25, -0.2) is 0 Å². The van der Waals surface area contributed by atoms with E-state index in [-0.39, 0.29) is 23.5 Å². The first kappa shape index (κ1) is 13.6. The normalized spacial score (nSPS) is 11.1. The third-order valence-corrected chi connectivity index (χ3v) is 2.24. The number of nitrogens with zero attached hydrogens (tertiary/aromatic N) is 1. The molecule has 0 fully saturated rings. The Morgan fingerprint density at radius 1 is 1.33 bits per heavy atom. The standard InChI is InChI=1S/C12H11NO5/c1-8(14)10(7-12(15)16)6-9-2-4-11(5-3-9)13(17)18/h2-6H,7H2,1H3,(H,15,16). The summed E-state index contributed by atoms with van der Waals surface area (Å²) in [7, 11) is 0. The minimum atomic E-state index is -1.10. The van der Waals surface area contributed by atoms with E-state index in [4.69, 9.17) is 5.11 Å². The van der Waals surface area contributed by atoms with Gasteiger partial charge in [0.25, 0.3) is 5.69 Å². The summed E-state index contributed by atoms with van der Waals surface area (Å²) in [5.41, 5.74) is 0.637. The molecule has 0 saturated heterocycles. The third-order valence-electron chi connectivity index (χ3n) is 2.24. The van der Waals surface area contributed by atoms with E-state index in [1.807, 2.05) is 0 Å². The Morgan fingerprint density at radius 3 is 2.28 bits per heavy atom. The minimum absolute atomic E-state index is 0.0604. The lowest BCUT2D eigenvalue weighted by Crippen LogP contribution is -2.04. The Morgan fingerprint density at radius 2 is 1.89 bits per heavy atom. The van der Waals surface area contributed by atoms with Crippen molar-refractivity contribution in [3.05, 3.63) is 45.5 Å². The van der Waals surface area contributed by atoms with Crippen LogP contribution in [0.2, 0.25) is 0 Å². The van der Waals surface area contributed by atoms with Gasteiger partial charge in [-0.15, -0.1) is 0 Å². The van der Waals surface area contributed by atoms with Gasteiger partial charge in [-0.3, -0.25) is 19.7 Å². The van der Waals surface area contributed by atoms with Gasteiger partial charge in [-0.1, -0.05) is 0 Å². The molecule has 0 spiro atoms. The quantitative estimate of drug-likeness (QED) is 0.489. The number of benzene rings is 1. The topological polar surface area (TPSA) is 97.5 Å². The first-order chi connectivity index (χ1) is 8.40. The predicted octanol–water partition coefficient (Wildman–Crippen LogP) is 2.04. The molecule has 0 atom stereocenters. The first-order valence-corrected chi connectivity index (χ1v) is 5.08. The number of carbonyl (C=O) groups is 2. The lowest BCUT2D eigenvalue weighted by atomic mass is 10.0.